The minimum atomic E-state index is -1.25. The fraction of sp³-hybridized carbons (Fsp3) is 0.290. The molecule has 45 heavy (non-hydrogen) atoms. The third kappa shape index (κ3) is 8.32. The number of ether oxygens (including phenoxy) is 4. The number of aromatic nitrogens is 1. The van der Waals surface area contributed by atoms with Crippen molar-refractivity contribution >= 4 is 64.5 Å². The van der Waals surface area contributed by atoms with E-state index in [-0.39, 0.29) is 34.0 Å². The van der Waals surface area contributed by atoms with E-state index in [1.807, 2.05) is 0 Å². The van der Waals surface area contributed by atoms with Crippen LogP contribution in [0.1, 0.15) is 42.4 Å². The number of thioether (sulfide) groups is 1. The topological polar surface area (TPSA) is 154 Å². The molecule has 0 bridgehead atoms. The van der Waals surface area contributed by atoms with Gasteiger partial charge in [0.25, 0.3) is 5.91 Å². The van der Waals surface area contributed by atoms with Crippen LogP contribution >= 0.6 is 35.0 Å². The van der Waals surface area contributed by atoms with Gasteiger partial charge in [0.05, 0.1) is 23.4 Å². The van der Waals surface area contributed by atoms with E-state index in [2.05, 4.69) is 16.4 Å². The number of benzene rings is 2. The quantitative estimate of drug-likeness (QED) is 0.231. The van der Waals surface area contributed by atoms with Crippen molar-refractivity contribution in [2.24, 2.45) is 0 Å². The Hall–Kier alpha value is -4.15. The highest BCUT2D eigenvalue weighted by Gasteiger charge is 2.47. The molecule has 0 spiro atoms. The Balaban J connectivity index is 1.82. The largest absolute Gasteiger partial charge is 0.456 e. The number of nitrogens with zero attached hydrogens (tertiary/aromatic N) is 2. The van der Waals surface area contributed by atoms with Gasteiger partial charge in [0.1, 0.15) is 16.5 Å². The smallest absolute Gasteiger partial charge is 0.303 e. The number of nitriles is 1. The number of rotatable bonds is 8. The van der Waals surface area contributed by atoms with E-state index < -0.39 is 47.6 Å². The van der Waals surface area contributed by atoms with Gasteiger partial charge < -0.3 is 24.3 Å². The van der Waals surface area contributed by atoms with Crippen LogP contribution in [0.25, 0.3) is 11.1 Å². The molecule has 0 radical (unpaired) electrons. The molecule has 1 fully saturated rings. The second-order valence-electron chi connectivity index (χ2n) is 9.82. The van der Waals surface area contributed by atoms with Crippen LogP contribution in [0, 0.1) is 18.3 Å². The van der Waals surface area contributed by atoms with Crippen LogP contribution in [0.4, 0.5) is 5.69 Å². The molecule has 2 aromatic carbocycles. The van der Waals surface area contributed by atoms with E-state index >= 15 is 0 Å². The fourth-order valence-electron chi connectivity index (χ4n) is 4.70. The summed E-state index contributed by atoms with van der Waals surface area (Å²) in [6.07, 6.45) is -3.54. The summed E-state index contributed by atoms with van der Waals surface area (Å²) < 4.78 is 22.2. The minimum absolute atomic E-state index is 0.0329. The normalized spacial score (nSPS) is 19.1. The summed E-state index contributed by atoms with van der Waals surface area (Å²) in [7, 11) is 0. The van der Waals surface area contributed by atoms with Crippen molar-refractivity contribution in [2.45, 2.75) is 56.5 Å². The Labute approximate surface area is 273 Å². The zero-order valence-electron chi connectivity index (χ0n) is 24.5. The number of nitrogens with one attached hydrogen (secondary N) is 1. The number of pyridine rings is 1. The lowest BCUT2D eigenvalue weighted by atomic mass is 9.94. The Bertz CT molecular complexity index is 1660. The Morgan fingerprint density at radius 2 is 1.47 bits per heavy atom. The lowest BCUT2D eigenvalue weighted by Gasteiger charge is -2.40. The number of hydrogen-bond acceptors (Lipinski definition) is 11. The van der Waals surface area contributed by atoms with Crippen molar-refractivity contribution in [2.75, 3.05) is 11.9 Å². The molecule has 1 N–H and O–H groups in total. The Morgan fingerprint density at radius 3 is 2.02 bits per heavy atom. The van der Waals surface area contributed by atoms with Gasteiger partial charge in [0.2, 0.25) is 0 Å². The summed E-state index contributed by atoms with van der Waals surface area (Å²) in [5.41, 5.74) is 0.662. The number of halogens is 2. The van der Waals surface area contributed by atoms with Crippen LogP contribution in [0.2, 0.25) is 10.0 Å². The summed E-state index contributed by atoms with van der Waals surface area (Å²) in [6.45, 7) is 4.92. The maximum absolute atomic E-state index is 13.7. The van der Waals surface area contributed by atoms with Crippen LogP contribution in [-0.4, -0.2) is 59.2 Å². The molecule has 0 unspecified atom stereocenters. The lowest BCUT2D eigenvalue weighted by Crippen LogP contribution is -2.56. The molecular weight excluding hydrogens is 645 g/mol. The zero-order chi connectivity index (χ0) is 32.8. The van der Waals surface area contributed by atoms with Gasteiger partial charge in [-0.1, -0.05) is 47.1 Å². The highest BCUT2D eigenvalue weighted by atomic mass is 35.5. The summed E-state index contributed by atoms with van der Waals surface area (Å²) in [4.78, 5) is 54.2. The monoisotopic (exact) mass is 671 g/mol. The molecule has 3 aromatic rings. The number of esters is 3. The van der Waals surface area contributed by atoms with Gasteiger partial charge >= 0.3 is 17.9 Å². The van der Waals surface area contributed by atoms with Gasteiger partial charge in [-0.25, -0.2) is 4.98 Å². The third-order valence-corrected chi connectivity index (χ3v) is 8.11. The molecule has 1 aliphatic heterocycles. The molecule has 1 saturated heterocycles. The van der Waals surface area contributed by atoms with Gasteiger partial charge in [-0.3, -0.25) is 19.2 Å². The average molecular weight is 673 g/mol. The van der Waals surface area contributed by atoms with Crippen molar-refractivity contribution in [3.63, 3.8) is 0 Å². The standard InChI is InChI=1S/C31H27Cl2N3O8S/c1-15-25(29(40)36-22-11-9-21(33)10-12-22)26(19-5-7-20(32)8-6-19)23(13-34)30(35-15)45-31-28(44-18(4)39)27(43-17(3)38)24(14-41-31)42-16(2)37/h5-12,24,27-28,31H,14H2,1-4H3,(H,36,40)/t24-,27+,28-,31+/m1/s1. The second-order valence-corrected chi connectivity index (χ2v) is 11.8. The molecule has 2 heterocycles. The molecule has 14 heteroatoms. The maximum atomic E-state index is 13.7. The number of amides is 1. The zero-order valence-corrected chi connectivity index (χ0v) is 26.8. The van der Waals surface area contributed by atoms with Crippen LogP contribution in [0.5, 0.6) is 0 Å². The van der Waals surface area contributed by atoms with Crippen molar-refractivity contribution in [3.8, 4) is 17.2 Å². The first kappa shape index (κ1) is 33.7. The Morgan fingerprint density at radius 1 is 0.911 bits per heavy atom. The third-order valence-electron chi connectivity index (χ3n) is 6.45. The van der Waals surface area contributed by atoms with Crippen LogP contribution < -0.4 is 5.32 Å². The van der Waals surface area contributed by atoms with Crippen molar-refractivity contribution in [1.82, 2.24) is 4.98 Å². The van der Waals surface area contributed by atoms with Gasteiger partial charge in [0, 0.05) is 42.1 Å². The first-order chi connectivity index (χ1) is 21.4. The molecule has 0 aliphatic carbocycles. The highest BCUT2D eigenvalue weighted by molar-refractivity contribution is 7.99. The molecule has 1 aromatic heterocycles. The first-order valence-corrected chi connectivity index (χ1v) is 15.1. The van der Waals surface area contributed by atoms with Crippen LogP contribution in [0.15, 0.2) is 53.6 Å². The van der Waals surface area contributed by atoms with E-state index in [1.54, 1.807) is 55.5 Å². The number of hydrogen-bond donors (Lipinski definition) is 1. The van der Waals surface area contributed by atoms with E-state index in [0.29, 0.717) is 21.3 Å². The average Bonchev–Trinajstić information content (AvgIpc) is 2.96. The van der Waals surface area contributed by atoms with E-state index in [9.17, 15) is 24.4 Å². The molecule has 4 rings (SSSR count). The summed E-state index contributed by atoms with van der Waals surface area (Å²) in [5, 5.41) is 14.4. The highest BCUT2D eigenvalue weighted by Crippen LogP contribution is 2.40. The number of carbonyl (C=O) groups is 4. The predicted octanol–water partition coefficient (Wildman–Crippen LogP) is 5.73. The van der Waals surface area contributed by atoms with Crippen molar-refractivity contribution < 1.29 is 38.1 Å². The van der Waals surface area contributed by atoms with Crippen LogP contribution in [-0.2, 0) is 33.3 Å². The van der Waals surface area contributed by atoms with Gasteiger partial charge in [0.15, 0.2) is 18.3 Å². The molecular formula is C31H27Cl2N3O8S. The number of carbonyl (C=O) groups excluding carboxylic acids is 4. The van der Waals surface area contributed by atoms with E-state index in [1.165, 1.54) is 6.92 Å². The second kappa shape index (κ2) is 14.8. The Kier molecular flexibility index (Phi) is 11.1. The van der Waals surface area contributed by atoms with Gasteiger partial charge in [-0.2, -0.15) is 5.26 Å². The lowest BCUT2D eigenvalue weighted by molar-refractivity contribution is -0.213. The number of anilines is 1. The molecule has 11 nitrogen and oxygen atoms in total. The van der Waals surface area contributed by atoms with Crippen LogP contribution in [0.3, 0.4) is 0 Å². The van der Waals surface area contributed by atoms with E-state index in [4.69, 9.17) is 42.1 Å². The SMILES string of the molecule is CC(=O)O[C@@H]1[C@@H](OC(C)=O)[C@H](Sc2nc(C)c(C(=O)Nc3ccc(Cl)cc3)c(-c3ccc(Cl)cc3)c2C#N)OC[C@H]1OC(C)=O. The summed E-state index contributed by atoms with van der Waals surface area (Å²) in [6, 6.07) is 15.3. The van der Waals surface area contributed by atoms with Crippen molar-refractivity contribution in [1.29, 1.82) is 5.26 Å². The van der Waals surface area contributed by atoms with E-state index in [0.717, 1.165) is 25.6 Å². The fourth-order valence-corrected chi connectivity index (χ4v) is 6.11. The minimum Gasteiger partial charge on any atom is -0.456 e. The molecule has 234 valence electrons. The molecule has 1 aliphatic rings. The van der Waals surface area contributed by atoms with Gasteiger partial charge in [-0.05, 0) is 48.9 Å². The molecule has 0 saturated carbocycles. The maximum Gasteiger partial charge on any atom is 0.303 e. The summed E-state index contributed by atoms with van der Waals surface area (Å²) in [5.74, 6) is -2.59. The van der Waals surface area contributed by atoms with Crippen molar-refractivity contribution in [3.05, 3.63) is 75.4 Å². The number of aryl methyl sites for hydroxylation is 1. The summed E-state index contributed by atoms with van der Waals surface area (Å²) >= 11 is 13.1. The predicted molar refractivity (Wildman–Crippen MR) is 166 cm³/mol. The van der Waals surface area contributed by atoms with Gasteiger partial charge in [-0.15, -0.1) is 0 Å². The molecule has 4 atom stereocenters. The molecule has 1 amide bonds. The first-order valence-electron chi connectivity index (χ1n) is 13.4.